The number of hydrogen-bond donors (Lipinski definition) is 0. The highest BCUT2D eigenvalue weighted by atomic mass is 19.1. The van der Waals surface area contributed by atoms with Gasteiger partial charge in [-0.2, -0.15) is 0 Å². The zero-order chi connectivity index (χ0) is 26.9. The summed E-state index contributed by atoms with van der Waals surface area (Å²) in [6.45, 7) is 8.52. The van der Waals surface area contributed by atoms with E-state index >= 15 is 0 Å². The fraction of sp³-hybridized carbons (Fsp3) is 0.400. The van der Waals surface area contributed by atoms with Crippen LogP contribution in [0.1, 0.15) is 59.8 Å². The number of ether oxygens (including phenoxy) is 2. The monoisotopic (exact) mass is 520 g/mol. The van der Waals surface area contributed by atoms with Crippen LogP contribution >= 0.6 is 0 Å². The molecule has 0 spiro atoms. The first kappa shape index (κ1) is 26.0. The second-order valence-electron chi connectivity index (χ2n) is 10.8. The Morgan fingerprint density at radius 1 is 1.03 bits per heavy atom. The predicted molar refractivity (Wildman–Crippen MR) is 139 cm³/mol. The van der Waals surface area contributed by atoms with Crippen molar-refractivity contribution in [3.63, 3.8) is 0 Å². The fourth-order valence-corrected chi connectivity index (χ4v) is 5.02. The van der Waals surface area contributed by atoms with Crippen molar-refractivity contribution in [2.45, 2.75) is 39.8 Å². The largest absolute Gasteiger partial charge is 0.486 e. The van der Waals surface area contributed by atoms with Gasteiger partial charge in [0.05, 0.1) is 19.3 Å². The van der Waals surface area contributed by atoms with Crippen LogP contribution in [-0.2, 0) is 22.6 Å². The van der Waals surface area contributed by atoms with E-state index in [4.69, 9.17) is 13.9 Å². The van der Waals surface area contributed by atoms with Gasteiger partial charge in [-0.25, -0.2) is 4.39 Å². The number of halogens is 1. The highest BCUT2D eigenvalue weighted by Crippen LogP contribution is 2.39. The molecule has 2 aromatic carbocycles. The SMILES string of the molecule is CC(C)(C)C(=O)N1CCc2ccc(OCc3ccc(C(=O)N4CCOCC4)o3)cc2C1c1cccc(F)c1. The van der Waals surface area contributed by atoms with Gasteiger partial charge in [0.15, 0.2) is 5.76 Å². The summed E-state index contributed by atoms with van der Waals surface area (Å²) in [7, 11) is 0. The van der Waals surface area contributed by atoms with Crippen LogP contribution in [0.25, 0.3) is 0 Å². The zero-order valence-corrected chi connectivity index (χ0v) is 22.0. The fourth-order valence-electron chi connectivity index (χ4n) is 5.02. The lowest BCUT2D eigenvalue weighted by molar-refractivity contribution is -0.141. The van der Waals surface area contributed by atoms with Crippen molar-refractivity contribution < 1.29 is 27.9 Å². The number of amides is 2. The third kappa shape index (κ3) is 5.45. The Morgan fingerprint density at radius 2 is 1.82 bits per heavy atom. The van der Waals surface area contributed by atoms with E-state index in [1.165, 1.54) is 12.1 Å². The van der Waals surface area contributed by atoms with E-state index in [1.807, 2.05) is 49.9 Å². The molecular formula is C30H33FN2O5. The quantitative estimate of drug-likeness (QED) is 0.474. The van der Waals surface area contributed by atoms with Gasteiger partial charge in [0.25, 0.3) is 5.91 Å². The number of hydrogen-bond acceptors (Lipinski definition) is 5. The molecule has 0 saturated carbocycles. The van der Waals surface area contributed by atoms with Crippen LogP contribution in [0.3, 0.4) is 0 Å². The number of furan rings is 1. The highest BCUT2D eigenvalue weighted by molar-refractivity contribution is 5.91. The van der Waals surface area contributed by atoms with Gasteiger partial charge in [-0.05, 0) is 59.5 Å². The van der Waals surface area contributed by atoms with Crippen LogP contribution in [0.5, 0.6) is 5.75 Å². The molecule has 0 bridgehead atoms. The number of fused-ring (bicyclic) bond motifs is 1. The molecule has 8 heteroatoms. The molecule has 3 heterocycles. The summed E-state index contributed by atoms with van der Waals surface area (Å²) in [4.78, 5) is 29.7. The van der Waals surface area contributed by atoms with E-state index in [0.29, 0.717) is 50.8 Å². The van der Waals surface area contributed by atoms with Crippen molar-refractivity contribution in [3.8, 4) is 5.75 Å². The summed E-state index contributed by atoms with van der Waals surface area (Å²) in [5.74, 6) is 0.925. The van der Waals surface area contributed by atoms with Crippen molar-refractivity contribution in [2.24, 2.45) is 5.41 Å². The summed E-state index contributed by atoms with van der Waals surface area (Å²) in [5.41, 5.74) is 2.16. The van der Waals surface area contributed by atoms with E-state index in [0.717, 1.165) is 16.7 Å². The molecule has 1 saturated heterocycles. The average Bonchev–Trinajstić information content (AvgIpc) is 3.39. The Morgan fingerprint density at radius 3 is 2.55 bits per heavy atom. The maximum absolute atomic E-state index is 14.3. The van der Waals surface area contributed by atoms with E-state index in [9.17, 15) is 14.0 Å². The van der Waals surface area contributed by atoms with Crippen molar-refractivity contribution in [1.29, 1.82) is 0 Å². The van der Waals surface area contributed by atoms with Crippen molar-refractivity contribution in [3.05, 3.63) is 88.6 Å². The van der Waals surface area contributed by atoms with Crippen LogP contribution in [0.4, 0.5) is 4.39 Å². The van der Waals surface area contributed by atoms with Gasteiger partial charge in [0.2, 0.25) is 5.91 Å². The normalized spacial score (nSPS) is 17.7. The molecule has 200 valence electrons. The summed E-state index contributed by atoms with van der Waals surface area (Å²) in [6.07, 6.45) is 0.703. The van der Waals surface area contributed by atoms with Gasteiger partial charge >= 0.3 is 0 Å². The van der Waals surface area contributed by atoms with Gasteiger partial charge in [-0.15, -0.1) is 0 Å². The number of morpholine rings is 1. The Labute approximate surface area is 222 Å². The molecule has 2 aliphatic rings. The van der Waals surface area contributed by atoms with Crippen LogP contribution in [-0.4, -0.2) is 54.5 Å². The van der Waals surface area contributed by atoms with Crippen molar-refractivity contribution in [1.82, 2.24) is 9.80 Å². The van der Waals surface area contributed by atoms with E-state index < -0.39 is 11.5 Å². The topological polar surface area (TPSA) is 72.2 Å². The Hall–Kier alpha value is -3.65. The van der Waals surface area contributed by atoms with Crippen molar-refractivity contribution >= 4 is 11.8 Å². The molecule has 1 aromatic heterocycles. The lowest BCUT2D eigenvalue weighted by Gasteiger charge is -2.41. The summed E-state index contributed by atoms with van der Waals surface area (Å²) in [5, 5.41) is 0. The summed E-state index contributed by atoms with van der Waals surface area (Å²) in [6, 6.07) is 15.2. The minimum absolute atomic E-state index is 0.0109. The summed E-state index contributed by atoms with van der Waals surface area (Å²) < 4.78 is 31.4. The Balaban J connectivity index is 1.38. The van der Waals surface area contributed by atoms with Gasteiger partial charge < -0.3 is 23.7 Å². The second-order valence-corrected chi connectivity index (χ2v) is 10.8. The molecule has 1 fully saturated rings. The maximum Gasteiger partial charge on any atom is 0.289 e. The number of carbonyl (C=O) groups excluding carboxylic acids is 2. The zero-order valence-electron chi connectivity index (χ0n) is 22.0. The molecule has 0 aliphatic carbocycles. The number of nitrogens with zero attached hydrogens (tertiary/aromatic N) is 2. The predicted octanol–water partition coefficient (Wildman–Crippen LogP) is 4.99. The lowest BCUT2D eigenvalue weighted by atomic mass is 9.85. The molecule has 2 amide bonds. The third-order valence-corrected chi connectivity index (χ3v) is 6.96. The molecule has 0 radical (unpaired) electrons. The molecule has 7 nitrogen and oxygen atoms in total. The number of benzene rings is 2. The molecule has 2 aliphatic heterocycles. The standard InChI is InChI=1S/C30H33FN2O5/c1-30(2,3)29(35)33-12-11-20-7-8-23(18-25(20)27(33)21-5-4-6-22(31)17-21)37-19-24-9-10-26(38-24)28(34)32-13-15-36-16-14-32/h4-10,17-18,27H,11-16,19H2,1-3H3. The number of carbonyl (C=O) groups is 2. The van der Waals surface area contributed by atoms with Crippen molar-refractivity contribution in [2.75, 3.05) is 32.8 Å². The molecule has 38 heavy (non-hydrogen) atoms. The smallest absolute Gasteiger partial charge is 0.289 e. The molecule has 1 unspecified atom stereocenters. The minimum Gasteiger partial charge on any atom is -0.486 e. The first-order valence-corrected chi connectivity index (χ1v) is 13.0. The van der Waals surface area contributed by atoms with Gasteiger partial charge in [0, 0.05) is 25.0 Å². The lowest BCUT2D eigenvalue weighted by Crippen LogP contribution is -2.45. The van der Waals surface area contributed by atoms with Crippen LogP contribution in [0, 0.1) is 11.2 Å². The summed E-state index contributed by atoms with van der Waals surface area (Å²) >= 11 is 0. The van der Waals surface area contributed by atoms with E-state index in [2.05, 4.69) is 0 Å². The Kier molecular flexibility index (Phi) is 7.25. The molecule has 3 aromatic rings. The third-order valence-electron chi connectivity index (χ3n) is 6.96. The number of rotatable bonds is 5. The average molecular weight is 521 g/mol. The van der Waals surface area contributed by atoms with Gasteiger partial charge in [-0.3, -0.25) is 9.59 Å². The minimum atomic E-state index is -0.577. The van der Waals surface area contributed by atoms with Gasteiger partial charge in [0.1, 0.15) is 23.9 Å². The van der Waals surface area contributed by atoms with Crippen LogP contribution in [0.15, 0.2) is 59.0 Å². The highest BCUT2D eigenvalue weighted by Gasteiger charge is 2.37. The molecule has 0 N–H and O–H groups in total. The van der Waals surface area contributed by atoms with E-state index in [-0.39, 0.29) is 30.0 Å². The first-order valence-electron chi connectivity index (χ1n) is 13.0. The van der Waals surface area contributed by atoms with Gasteiger partial charge in [-0.1, -0.05) is 39.0 Å². The van der Waals surface area contributed by atoms with Crippen LogP contribution < -0.4 is 4.74 Å². The molecule has 5 rings (SSSR count). The molecular weight excluding hydrogens is 487 g/mol. The molecule has 1 atom stereocenters. The van der Waals surface area contributed by atoms with Crippen LogP contribution in [0.2, 0.25) is 0 Å². The second kappa shape index (κ2) is 10.6. The Bertz CT molecular complexity index is 1320. The maximum atomic E-state index is 14.3. The first-order chi connectivity index (χ1) is 18.2. The van der Waals surface area contributed by atoms with E-state index in [1.54, 1.807) is 23.1 Å².